The van der Waals surface area contributed by atoms with Gasteiger partial charge in [0.25, 0.3) is 5.91 Å². The van der Waals surface area contributed by atoms with Crippen molar-refractivity contribution in [1.82, 2.24) is 10.6 Å². The van der Waals surface area contributed by atoms with Crippen LogP contribution >= 0.6 is 31.9 Å². The van der Waals surface area contributed by atoms with Gasteiger partial charge < -0.3 is 10.6 Å². The van der Waals surface area contributed by atoms with Crippen molar-refractivity contribution in [2.75, 3.05) is 6.54 Å². The van der Waals surface area contributed by atoms with Crippen LogP contribution < -0.4 is 10.6 Å². The Bertz CT molecular complexity index is 1210. The van der Waals surface area contributed by atoms with Gasteiger partial charge in [0.05, 0.1) is 23.5 Å². The van der Waals surface area contributed by atoms with Crippen molar-refractivity contribution in [2.45, 2.75) is 43.8 Å². The van der Waals surface area contributed by atoms with Gasteiger partial charge in [0.1, 0.15) is 6.04 Å². The molecule has 39 heavy (non-hydrogen) atoms. The molecule has 0 saturated carbocycles. The minimum atomic E-state index is -5.10. The Balaban J connectivity index is 2.30. The monoisotopic (exact) mass is 696 g/mol. The number of rotatable bonds is 8. The van der Waals surface area contributed by atoms with Crippen LogP contribution in [-0.4, -0.2) is 36.8 Å². The molecule has 0 heterocycles. The maximum absolute atomic E-state index is 13.7. The van der Waals surface area contributed by atoms with E-state index in [1.54, 1.807) is 0 Å². The van der Waals surface area contributed by atoms with E-state index in [1.165, 1.54) is 18.2 Å². The number of benzene rings is 2. The van der Waals surface area contributed by atoms with Crippen molar-refractivity contribution >= 4 is 49.8 Å². The van der Waals surface area contributed by atoms with Crippen molar-refractivity contribution in [1.29, 1.82) is 0 Å². The molecule has 0 spiro atoms. The van der Waals surface area contributed by atoms with E-state index in [0.29, 0.717) is 21.1 Å². The lowest BCUT2D eigenvalue weighted by molar-refractivity contribution is -0.140. The summed E-state index contributed by atoms with van der Waals surface area (Å²) in [5.41, 5.74) is -2.90. The van der Waals surface area contributed by atoms with Crippen molar-refractivity contribution in [2.24, 2.45) is 0 Å². The summed E-state index contributed by atoms with van der Waals surface area (Å²) in [5.74, 6) is -4.58. The highest BCUT2D eigenvalue weighted by molar-refractivity contribution is 9.11. The lowest BCUT2D eigenvalue weighted by Gasteiger charge is -2.19. The van der Waals surface area contributed by atoms with Crippen LogP contribution in [0.5, 0.6) is 0 Å². The van der Waals surface area contributed by atoms with Gasteiger partial charge in [0, 0.05) is 15.5 Å². The molecule has 0 aromatic heterocycles. The maximum atomic E-state index is 13.7. The summed E-state index contributed by atoms with van der Waals surface area (Å²) >= 11 is 6.18. The molecule has 2 aromatic rings. The Hall–Kier alpha value is -2.55. The average molecular weight is 698 g/mol. The number of allylic oxidation sites excluding steroid dienone is 1. The van der Waals surface area contributed by atoms with Gasteiger partial charge in [-0.25, -0.2) is 0 Å². The second kappa shape index (κ2) is 12.7. The molecule has 15 heteroatoms. The van der Waals surface area contributed by atoms with Crippen molar-refractivity contribution in [3.05, 3.63) is 73.7 Å². The van der Waals surface area contributed by atoms with Crippen LogP contribution in [0.2, 0.25) is 0 Å². The SMILES string of the molecule is CC(NC(=O)c1ccc(/C=C/C(c2cc(Br)cc(Br)c2)C(F)(F)F)cc1C(F)(F)F)C(=O)NCCC(F)(F)F. The number of amides is 2. The van der Waals surface area contributed by atoms with Crippen LogP contribution in [0.1, 0.15) is 46.3 Å². The average Bonchev–Trinajstić information content (AvgIpc) is 2.76. The number of halogens is 11. The van der Waals surface area contributed by atoms with E-state index < -0.39 is 66.4 Å². The summed E-state index contributed by atoms with van der Waals surface area (Å²) in [6.07, 6.45) is -14.3. The Labute approximate surface area is 233 Å². The zero-order chi connectivity index (χ0) is 29.8. The third kappa shape index (κ3) is 10.2. The molecule has 0 aliphatic carbocycles. The normalized spacial score (nSPS) is 14.3. The summed E-state index contributed by atoms with van der Waals surface area (Å²) < 4.78 is 120. The van der Waals surface area contributed by atoms with E-state index in [0.717, 1.165) is 25.1 Å². The van der Waals surface area contributed by atoms with Crippen molar-refractivity contribution in [3.63, 3.8) is 0 Å². The molecule has 4 nitrogen and oxygen atoms in total. The number of hydrogen-bond donors (Lipinski definition) is 2. The Kier molecular flexibility index (Phi) is 10.7. The van der Waals surface area contributed by atoms with E-state index in [9.17, 15) is 49.1 Å². The Morgan fingerprint density at radius 3 is 2.03 bits per heavy atom. The second-order valence-corrected chi connectivity index (χ2v) is 10.1. The van der Waals surface area contributed by atoms with Crippen LogP contribution in [0.25, 0.3) is 6.08 Å². The molecule has 2 amide bonds. The third-order valence-electron chi connectivity index (χ3n) is 5.12. The first-order valence-electron chi connectivity index (χ1n) is 10.9. The van der Waals surface area contributed by atoms with E-state index in [4.69, 9.17) is 0 Å². The lowest BCUT2D eigenvalue weighted by atomic mass is 9.96. The Morgan fingerprint density at radius 1 is 0.923 bits per heavy atom. The fourth-order valence-corrected chi connectivity index (χ4v) is 4.62. The zero-order valence-electron chi connectivity index (χ0n) is 19.7. The molecule has 2 N–H and O–H groups in total. The van der Waals surface area contributed by atoms with E-state index in [1.807, 2.05) is 10.6 Å². The van der Waals surface area contributed by atoms with Crippen LogP contribution in [0, 0.1) is 0 Å². The van der Waals surface area contributed by atoms with Gasteiger partial charge in [-0.2, -0.15) is 39.5 Å². The zero-order valence-corrected chi connectivity index (χ0v) is 22.8. The number of alkyl halides is 9. The summed E-state index contributed by atoms with van der Waals surface area (Å²) in [4.78, 5) is 24.4. The number of carbonyl (C=O) groups excluding carboxylic acids is 2. The Morgan fingerprint density at radius 2 is 1.51 bits per heavy atom. The molecule has 0 bridgehead atoms. The highest BCUT2D eigenvalue weighted by Gasteiger charge is 2.39. The topological polar surface area (TPSA) is 58.2 Å². The first kappa shape index (κ1) is 32.7. The molecule has 0 radical (unpaired) electrons. The first-order valence-corrected chi connectivity index (χ1v) is 12.4. The van der Waals surface area contributed by atoms with Crippen LogP contribution in [0.3, 0.4) is 0 Å². The second-order valence-electron chi connectivity index (χ2n) is 8.24. The lowest BCUT2D eigenvalue weighted by Crippen LogP contribution is -2.45. The standard InChI is InChI=1S/C24H19Br2F9N2O2/c1-12(20(38)36-7-6-22(27,28)29)37-21(39)17-4-2-13(8-19(17)24(33,34)35)3-5-18(23(30,31)32)14-9-15(25)11-16(26)10-14/h2-5,8-12,18H,6-7H2,1H3,(H,36,38)(H,37,39)/b5-3+. The summed E-state index contributed by atoms with van der Waals surface area (Å²) in [7, 11) is 0. The summed E-state index contributed by atoms with van der Waals surface area (Å²) in [6, 6.07) is 4.63. The third-order valence-corrected chi connectivity index (χ3v) is 6.04. The fourth-order valence-electron chi connectivity index (χ4n) is 3.29. The van der Waals surface area contributed by atoms with Gasteiger partial charge >= 0.3 is 18.5 Å². The van der Waals surface area contributed by atoms with Gasteiger partial charge in [-0.05, 0) is 48.4 Å². The molecule has 0 fully saturated rings. The van der Waals surface area contributed by atoms with Gasteiger partial charge in [-0.15, -0.1) is 0 Å². The summed E-state index contributed by atoms with van der Waals surface area (Å²) in [6.45, 7) is 0.260. The van der Waals surface area contributed by atoms with Crippen LogP contribution in [-0.2, 0) is 11.0 Å². The molecule has 2 aromatic carbocycles. The first-order chi connectivity index (χ1) is 17.8. The van der Waals surface area contributed by atoms with Crippen LogP contribution in [0.4, 0.5) is 39.5 Å². The molecule has 214 valence electrons. The van der Waals surface area contributed by atoms with E-state index in [-0.39, 0.29) is 11.1 Å². The molecule has 0 saturated heterocycles. The minimum Gasteiger partial charge on any atom is -0.354 e. The van der Waals surface area contributed by atoms with Crippen LogP contribution in [0.15, 0.2) is 51.4 Å². The minimum absolute atomic E-state index is 0.186. The molecular formula is C24H19Br2F9N2O2. The predicted molar refractivity (Wildman–Crippen MR) is 132 cm³/mol. The highest BCUT2D eigenvalue weighted by atomic mass is 79.9. The van der Waals surface area contributed by atoms with Gasteiger partial charge in [0.15, 0.2) is 0 Å². The number of nitrogens with one attached hydrogen (secondary N) is 2. The molecule has 0 aliphatic heterocycles. The number of carbonyl (C=O) groups is 2. The molecule has 2 rings (SSSR count). The smallest absolute Gasteiger partial charge is 0.354 e. The maximum Gasteiger partial charge on any atom is 0.417 e. The fraction of sp³-hybridized carbons (Fsp3) is 0.333. The van der Waals surface area contributed by atoms with E-state index >= 15 is 0 Å². The van der Waals surface area contributed by atoms with Gasteiger partial charge in [0.2, 0.25) is 5.91 Å². The van der Waals surface area contributed by atoms with Crippen molar-refractivity contribution < 1.29 is 49.1 Å². The highest BCUT2D eigenvalue weighted by Crippen LogP contribution is 2.39. The van der Waals surface area contributed by atoms with Gasteiger partial charge in [-0.1, -0.05) is 50.1 Å². The van der Waals surface area contributed by atoms with E-state index in [2.05, 4.69) is 31.9 Å². The predicted octanol–water partition coefficient (Wildman–Crippen LogP) is 7.78. The summed E-state index contributed by atoms with van der Waals surface area (Å²) in [5, 5.41) is 3.88. The molecule has 0 aliphatic rings. The quantitative estimate of drug-likeness (QED) is 0.277. The van der Waals surface area contributed by atoms with Crippen molar-refractivity contribution in [3.8, 4) is 0 Å². The molecular weight excluding hydrogens is 679 g/mol. The molecule has 2 atom stereocenters. The largest absolute Gasteiger partial charge is 0.417 e. The molecule has 2 unspecified atom stereocenters. The van der Waals surface area contributed by atoms with Gasteiger partial charge in [-0.3, -0.25) is 9.59 Å². The number of hydrogen-bond acceptors (Lipinski definition) is 2.